The van der Waals surface area contributed by atoms with Gasteiger partial charge in [0.2, 0.25) is 5.88 Å². The minimum Gasteiger partial charge on any atom is -0.479 e. The van der Waals surface area contributed by atoms with Crippen LogP contribution in [-0.4, -0.2) is 34.1 Å². The molecule has 1 aliphatic rings. The fraction of sp³-hybridized carbons (Fsp3) is 0.227. The maximum Gasteiger partial charge on any atom is 0.238 e. The summed E-state index contributed by atoms with van der Waals surface area (Å²) in [6.45, 7) is 4.33. The number of ether oxygens (including phenoxy) is 1. The van der Waals surface area contributed by atoms with Crippen LogP contribution >= 0.6 is 0 Å². The summed E-state index contributed by atoms with van der Waals surface area (Å²) in [5, 5.41) is 8.60. The molecule has 8 nitrogen and oxygen atoms in total. The van der Waals surface area contributed by atoms with Crippen molar-refractivity contribution in [2.75, 3.05) is 13.7 Å². The van der Waals surface area contributed by atoms with Gasteiger partial charge in [-0.25, -0.2) is 9.97 Å². The van der Waals surface area contributed by atoms with E-state index in [2.05, 4.69) is 20.4 Å². The van der Waals surface area contributed by atoms with Crippen LogP contribution in [0.5, 0.6) is 5.88 Å². The van der Waals surface area contributed by atoms with E-state index in [1.54, 1.807) is 13.4 Å². The van der Waals surface area contributed by atoms with Crippen LogP contribution in [0.1, 0.15) is 28.8 Å². The molecule has 0 aliphatic carbocycles. The number of fused-ring (bicyclic) bond motifs is 1. The number of amidine groups is 1. The van der Waals surface area contributed by atoms with Crippen LogP contribution in [-0.2, 0) is 4.84 Å². The van der Waals surface area contributed by atoms with Crippen LogP contribution in [0.4, 0.5) is 0 Å². The molecule has 1 atom stereocenters. The molecule has 30 heavy (non-hydrogen) atoms. The first-order valence-electron chi connectivity index (χ1n) is 9.64. The second kappa shape index (κ2) is 7.22. The Morgan fingerprint density at radius 1 is 1.20 bits per heavy atom. The Labute approximate surface area is 173 Å². The van der Waals surface area contributed by atoms with Crippen LogP contribution in [0.2, 0.25) is 0 Å². The Kier molecular flexibility index (Phi) is 4.39. The van der Waals surface area contributed by atoms with E-state index < -0.39 is 0 Å². The molecule has 1 unspecified atom stereocenters. The zero-order valence-electron chi connectivity index (χ0n) is 16.9. The number of aromatic nitrogens is 3. The number of nitrogens with one attached hydrogen (secondary N) is 1. The van der Waals surface area contributed by atoms with Crippen molar-refractivity contribution in [1.29, 1.82) is 0 Å². The summed E-state index contributed by atoms with van der Waals surface area (Å²) in [5.41, 5.74) is 4.31. The minimum absolute atomic E-state index is 0.173. The number of benzene rings is 1. The van der Waals surface area contributed by atoms with E-state index >= 15 is 0 Å². The van der Waals surface area contributed by atoms with Gasteiger partial charge in [-0.1, -0.05) is 23.4 Å². The number of hydrogen-bond acceptors (Lipinski definition) is 7. The maximum absolute atomic E-state index is 6.09. The zero-order valence-corrected chi connectivity index (χ0v) is 16.9. The number of oxime groups is 1. The Hall–Kier alpha value is -3.81. The first-order chi connectivity index (χ1) is 14.6. The van der Waals surface area contributed by atoms with Gasteiger partial charge < -0.3 is 23.9 Å². The second-order valence-corrected chi connectivity index (χ2v) is 7.22. The molecule has 0 fully saturated rings. The molecule has 8 heteroatoms. The van der Waals surface area contributed by atoms with E-state index in [4.69, 9.17) is 14.0 Å². The third kappa shape index (κ3) is 3.16. The number of hydrogen-bond donors (Lipinski definition) is 1. The number of pyridine rings is 1. The summed E-state index contributed by atoms with van der Waals surface area (Å²) in [7, 11) is 1.59. The van der Waals surface area contributed by atoms with E-state index in [-0.39, 0.29) is 6.04 Å². The first-order valence-corrected chi connectivity index (χ1v) is 9.64. The topological polar surface area (TPSA) is 86.7 Å². The van der Waals surface area contributed by atoms with Gasteiger partial charge in [-0.2, -0.15) is 0 Å². The molecule has 0 saturated heterocycles. The van der Waals surface area contributed by atoms with Crippen molar-refractivity contribution in [1.82, 2.24) is 19.9 Å². The smallest absolute Gasteiger partial charge is 0.238 e. The molecule has 3 aromatic heterocycles. The highest BCUT2D eigenvalue weighted by Gasteiger charge is 2.25. The maximum atomic E-state index is 6.09. The summed E-state index contributed by atoms with van der Waals surface area (Å²) in [4.78, 5) is 14.4. The lowest BCUT2D eigenvalue weighted by molar-refractivity contribution is 0.103. The average molecular weight is 403 g/mol. The highest BCUT2D eigenvalue weighted by atomic mass is 16.6. The Morgan fingerprint density at radius 2 is 2.10 bits per heavy atom. The fourth-order valence-corrected chi connectivity index (χ4v) is 3.55. The van der Waals surface area contributed by atoms with Crippen molar-refractivity contribution >= 4 is 16.8 Å². The van der Waals surface area contributed by atoms with Crippen molar-refractivity contribution in [2.45, 2.75) is 19.9 Å². The van der Waals surface area contributed by atoms with Crippen LogP contribution in [0.3, 0.4) is 0 Å². The molecule has 0 spiro atoms. The van der Waals surface area contributed by atoms with Gasteiger partial charge >= 0.3 is 0 Å². The molecule has 152 valence electrons. The largest absolute Gasteiger partial charge is 0.479 e. The third-order valence-corrected chi connectivity index (χ3v) is 5.08. The quantitative estimate of drug-likeness (QED) is 0.560. The van der Waals surface area contributed by atoms with Crippen molar-refractivity contribution in [3.05, 3.63) is 71.6 Å². The molecule has 0 saturated carbocycles. The summed E-state index contributed by atoms with van der Waals surface area (Å²) in [5.74, 6) is 1.79. The zero-order chi connectivity index (χ0) is 20.7. The molecule has 0 amide bonds. The Balaban J connectivity index is 1.44. The lowest BCUT2D eigenvalue weighted by Gasteiger charge is -2.22. The van der Waals surface area contributed by atoms with Crippen molar-refractivity contribution in [3.8, 4) is 11.6 Å². The molecule has 1 aliphatic heterocycles. The summed E-state index contributed by atoms with van der Waals surface area (Å²) in [6.07, 6.45) is 3.64. The normalized spacial score (nSPS) is 16.1. The summed E-state index contributed by atoms with van der Waals surface area (Å²) in [6, 6.07) is 11.7. The second-order valence-electron chi connectivity index (χ2n) is 7.22. The predicted molar refractivity (Wildman–Crippen MR) is 112 cm³/mol. The van der Waals surface area contributed by atoms with Crippen molar-refractivity contribution in [3.63, 3.8) is 0 Å². The number of nitrogens with zero attached hydrogens (tertiary/aromatic N) is 4. The summed E-state index contributed by atoms with van der Waals surface area (Å²) < 4.78 is 13.5. The van der Waals surface area contributed by atoms with Gasteiger partial charge in [0, 0.05) is 11.6 Å². The molecule has 5 rings (SSSR count). The number of aryl methyl sites for hydroxylation is 2. The summed E-state index contributed by atoms with van der Waals surface area (Å²) >= 11 is 0. The van der Waals surface area contributed by atoms with Crippen molar-refractivity contribution < 1.29 is 14.0 Å². The van der Waals surface area contributed by atoms with Crippen LogP contribution in [0.15, 0.2) is 58.5 Å². The minimum atomic E-state index is -0.173. The van der Waals surface area contributed by atoms with Crippen LogP contribution in [0, 0.1) is 13.8 Å². The fourth-order valence-electron chi connectivity index (χ4n) is 3.55. The molecule has 4 heterocycles. The lowest BCUT2D eigenvalue weighted by atomic mass is 10.1. The average Bonchev–Trinajstić information content (AvgIpc) is 3.40. The van der Waals surface area contributed by atoms with E-state index in [1.807, 2.05) is 61.0 Å². The van der Waals surface area contributed by atoms with E-state index in [1.165, 1.54) is 0 Å². The lowest BCUT2D eigenvalue weighted by Crippen LogP contribution is -2.36. The number of imidazole rings is 1. The molecular weight excluding hydrogens is 382 g/mol. The molecule has 1 aromatic carbocycles. The van der Waals surface area contributed by atoms with Gasteiger partial charge in [-0.15, -0.1) is 0 Å². The molecule has 1 N–H and O–H groups in total. The standard InChI is InChI=1S/C22H21N5O3/c1-13-5-4-6-15-9-19(30-20(13)15)17-11-29-26-21(24-17)16-7-8-18(22(25-16)28-3)27-10-14(2)23-12-27/h4-10,12,17H,11H2,1-3H3,(H,24,26). The molecular formula is C22H21N5O3. The molecule has 4 aromatic rings. The Morgan fingerprint density at radius 3 is 2.87 bits per heavy atom. The number of furan rings is 1. The van der Waals surface area contributed by atoms with Crippen LogP contribution < -0.4 is 10.1 Å². The number of methoxy groups -OCH3 is 1. The number of rotatable bonds is 4. The number of para-hydroxylation sites is 1. The Bertz CT molecular complexity index is 1260. The highest BCUT2D eigenvalue weighted by molar-refractivity contribution is 5.97. The van der Waals surface area contributed by atoms with Gasteiger partial charge in [0.25, 0.3) is 0 Å². The third-order valence-electron chi connectivity index (χ3n) is 5.08. The van der Waals surface area contributed by atoms with E-state index in [0.717, 1.165) is 33.7 Å². The monoisotopic (exact) mass is 403 g/mol. The predicted octanol–water partition coefficient (Wildman–Crippen LogP) is 3.66. The van der Waals surface area contributed by atoms with Gasteiger partial charge in [0.05, 0.1) is 19.1 Å². The van der Waals surface area contributed by atoms with Crippen molar-refractivity contribution in [2.24, 2.45) is 5.16 Å². The molecule has 0 radical (unpaired) electrons. The van der Waals surface area contributed by atoms with E-state index in [0.29, 0.717) is 24.0 Å². The first kappa shape index (κ1) is 18.2. The van der Waals surface area contributed by atoms with Gasteiger partial charge in [-0.3, -0.25) is 0 Å². The van der Waals surface area contributed by atoms with Gasteiger partial charge in [-0.05, 0) is 37.6 Å². The van der Waals surface area contributed by atoms with Gasteiger partial charge in [0.15, 0.2) is 5.84 Å². The molecule has 0 bridgehead atoms. The van der Waals surface area contributed by atoms with Crippen LogP contribution in [0.25, 0.3) is 16.7 Å². The van der Waals surface area contributed by atoms with Gasteiger partial charge in [0.1, 0.15) is 35.4 Å². The SMILES string of the molecule is COc1nc(C2=NOCC(c3cc4cccc(C)c4o3)N2)ccc1-n1cnc(C)c1. The van der Waals surface area contributed by atoms with E-state index in [9.17, 15) is 0 Å². The highest BCUT2D eigenvalue weighted by Crippen LogP contribution is 2.28.